The number of aromatic nitrogens is 4. The van der Waals surface area contributed by atoms with Crippen LogP contribution >= 0.6 is 11.8 Å². The second kappa shape index (κ2) is 9.34. The average molecular weight is 489 g/mol. The first kappa shape index (κ1) is 23.4. The Balaban J connectivity index is 1.80. The number of thioether (sulfide) groups is 1. The van der Waals surface area contributed by atoms with E-state index in [1.54, 1.807) is 11.5 Å². The molecule has 1 aliphatic rings. The molecule has 0 amide bonds. The van der Waals surface area contributed by atoms with Crippen molar-refractivity contribution in [1.29, 1.82) is 0 Å². The lowest BCUT2D eigenvalue weighted by atomic mass is 9.69. The molecule has 0 N–H and O–H groups in total. The van der Waals surface area contributed by atoms with E-state index < -0.39 is 0 Å². The van der Waals surface area contributed by atoms with Crippen LogP contribution < -0.4 is 5.56 Å². The molecule has 0 fully saturated rings. The Hall–Kier alpha value is -3.39. The summed E-state index contributed by atoms with van der Waals surface area (Å²) < 4.78 is 8.81. The van der Waals surface area contributed by atoms with Crippen molar-refractivity contribution >= 4 is 23.5 Å². The third kappa shape index (κ3) is 4.05. The van der Waals surface area contributed by atoms with E-state index in [9.17, 15) is 9.59 Å². The first-order valence-electron chi connectivity index (χ1n) is 11.9. The molecule has 0 spiro atoms. The minimum Gasteiger partial charge on any atom is -0.465 e. The summed E-state index contributed by atoms with van der Waals surface area (Å²) in [5.41, 5.74) is 4.44. The molecule has 7 nitrogen and oxygen atoms in total. The normalized spacial score (nSPS) is 16.7. The molecule has 2 aromatic heterocycles. The van der Waals surface area contributed by atoms with Crippen molar-refractivity contribution in [3.63, 3.8) is 0 Å². The zero-order valence-corrected chi connectivity index (χ0v) is 21.0. The SMILES string of the molecule is CCOC(=O)CSc1nnc2n(Cc3ccccc3)c(=O)c3c(n12)-c1ccccc1C[C@]3(C)CC. The Bertz CT molecular complexity index is 1460. The van der Waals surface area contributed by atoms with E-state index in [0.717, 1.165) is 35.2 Å². The van der Waals surface area contributed by atoms with Gasteiger partial charge in [0, 0.05) is 16.5 Å². The maximum Gasteiger partial charge on any atom is 0.316 e. The molecule has 5 rings (SSSR count). The standard InChI is InChI=1S/C27H28N4O3S/c1-4-27(3)15-19-13-9-10-14-20(19)23-22(27)24(33)30(16-18-11-7-6-8-12-18)25-28-29-26(31(23)25)35-17-21(32)34-5-2/h6-14H,4-5,15-17H2,1-3H3/t27-/m0/s1. The topological polar surface area (TPSA) is 78.5 Å². The van der Waals surface area contributed by atoms with Gasteiger partial charge in [0.05, 0.1) is 24.6 Å². The van der Waals surface area contributed by atoms with Crippen LogP contribution in [0.3, 0.4) is 0 Å². The summed E-state index contributed by atoms with van der Waals surface area (Å²) in [5.74, 6) is 0.284. The third-order valence-electron chi connectivity index (χ3n) is 6.82. The highest BCUT2D eigenvalue weighted by Crippen LogP contribution is 2.44. The zero-order chi connectivity index (χ0) is 24.6. The molecule has 8 heteroatoms. The maximum atomic E-state index is 14.2. The van der Waals surface area contributed by atoms with E-state index in [2.05, 4.69) is 36.2 Å². The van der Waals surface area contributed by atoms with Crippen molar-refractivity contribution in [3.8, 4) is 11.3 Å². The summed E-state index contributed by atoms with van der Waals surface area (Å²) in [7, 11) is 0. The first-order valence-corrected chi connectivity index (χ1v) is 12.9. The molecule has 0 aliphatic heterocycles. The van der Waals surface area contributed by atoms with Crippen molar-refractivity contribution in [2.45, 2.75) is 50.7 Å². The molecule has 0 unspecified atom stereocenters. The van der Waals surface area contributed by atoms with E-state index in [0.29, 0.717) is 24.1 Å². The number of carbonyl (C=O) groups is 1. The smallest absolute Gasteiger partial charge is 0.316 e. The Labute approximate surface area is 208 Å². The number of carbonyl (C=O) groups excluding carboxylic acids is 1. The Morgan fingerprint density at radius 2 is 1.83 bits per heavy atom. The fourth-order valence-corrected chi connectivity index (χ4v) is 5.65. The van der Waals surface area contributed by atoms with Crippen molar-refractivity contribution in [2.24, 2.45) is 0 Å². The van der Waals surface area contributed by atoms with Gasteiger partial charge in [0.15, 0.2) is 5.16 Å². The Morgan fingerprint density at radius 3 is 2.57 bits per heavy atom. The number of nitrogens with zero attached hydrogens (tertiary/aromatic N) is 4. The molecule has 2 aromatic carbocycles. The lowest BCUT2D eigenvalue weighted by Gasteiger charge is -2.36. The summed E-state index contributed by atoms with van der Waals surface area (Å²) in [5, 5.41) is 9.46. The number of hydrogen-bond acceptors (Lipinski definition) is 6. The van der Waals surface area contributed by atoms with Crippen LogP contribution in [0, 0.1) is 0 Å². The number of ether oxygens (including phenoxy) is 1. The number of esters is 1. The largest absolute Gasteiger partial charge is 0.465 e. The van der Waals surface area contributed by atoms with Crippen molar-refractivity contribution in [2.75, 3.05) is 12.4 Å². The number of rotatable bonds is 7. The van der Waals surface area contributed by atoms with Gasteiger partial charge < -0.3 is 4.74 Å². The van der Waals surface area contributed by atoms with Crippen LogP contribution in [0.15, 0.2) is 64.5 Å². The van der Waals surface area contributed by atoms with Gasteiger partial charge in [0.2, 0.25) is 5.78 Å². The van der Waals surface area contributed by atoms with Gasteiger partial charge in [-0.25, -0.2) is 0 Å². The van der Waals surface area contributed by atoms with E-state index in [-0.39, 0.29) is 22.7 Å². The van der Waals surface area contributed by atoms with Crippen LogP contribution in [-0.2, 0) is 27.9 Å². The molecular formula is C27H28N4O3S. The van der Waals surface area contributed by atoms with E-state index >= 15 is 0 Å². The Morgan fingerprint density at radius 1 is 1.09 bits per heavy atom. The van der Waals surface area contributed by atoms with E-state index in [4.69, 9.17) is 4.74 Å². The summed E-state index contributed by atoms with van der Waals surface area (Å²) in [4.78, 5) is 26.3. The fraction of sp³-hybridized carbons (Fsp3) is 0.333. The van der Waals surface area contributed by atoms with Gasteiger partial charge in [-0.15, -0.1) is 10.2 Å². The van der Waals surface area contributed by atoms with Crippen LogP contribution in [0.5, 0.6) is 0 Å². The van der Waals surface area contributed by atoms with Crippen molar-refractivity contribution < 1.29 is 9.53 Å². The van der Waals surface area contributed by atoms with Crippen molar-refractivity contribution in [3.05, 3.63) is 81.6 Å². The molecule has 0 saturated heterocycles. The van der Waals surface area contributed by atoms with Gasteiger partial charge in [-0.05, 0) is 30.9 Å². The molecular weight excluding hydrogens is 460 g/mol. The maximum absolute atomic E-state index is 14.2. The minimum atomic E-state index is -0.346. The highest BCUT2D eigenvalue weighted by Gasteiger charge is 2.39. The van der Waals surface area contributed by atoms with Crippen LogP contribution in [0.1, 0.15) is 43.9 Å². The number of benzene rings is 2. The Kier molecular flexibility index (Phi) is 6.23. The molecule has 180 valence electrons. The molecule has 1 atom stereocenters. The zero-order valence-electron chi connectivity index (χ0n) is 20.2. The van der Waals surface area contributed by atoms with Gasteiger partial charge in [-0.2, -0.15) is 0 Å². The number of fused-ring (bicyclic) bond motifs is 5. The molecule has 0 radical (unpaired) electrons. The average Bonchev–Trinajstić information content (AvgIpc) is 3.29. The lowest BCUT2D eigenvalue weighted by Crippen LogP contribution is -2.40. The second-order valence-corrected chi connectivity index (χ2v) is 10.0. The molecule has 2 heterocycles. The fourth-order valence-electron chi connectivity index (χ4n) is 4.91. The summed E-state index contributed by atoms with van der Waals surface area (Å²) in [6.45, 7) is 6.80. The second-order valence-electron chi connectivity index (χ2n) is 9.06. The summed E-state index contributed by atoms with van der Waals surface area (Å²) in [6.07, 6.45) is 1.60. The lowest BCUT2D eigenvalue weighted by molar-refractivity contribution is -0.139. The minimum absolute atomic E-state index is 0.0375. The summed E-state index contributed by atoms with van der Waals surface area (Å²) >= 11 is 1.28. The summed E-state index contributed by atoms with van der Waals surface area (Å²) in [6, 6.07) is 18.1. The van der Waals surface area contributed by atoms with Gasteiger partial charge in [0.1, 0.15) is 0 Å². The molecule has 35 heavy (non-hydrogen) atoms. The van der Waals surface area contributed by atoms with E-state index in [1.807, 2.05) is 46.9 Å². The molecule has 0 bridgehead atoms. The van der Waals surface area contributed by atoms with Crippen LogP contribution in [-0.4, -0.2) is 37.5 Å². The van der Waals surface area contributed by atoms with Crippen LogP contribution in [0.25, 0.3) is 17.0 Å². The highest BCUT2D eigenvalue weighted by atomic mass is 32.2. The van der Waals surface area contributed by atoms with Crippen molar-refractivity contribution in [1.82, 2.24) is 19.2 Å². The van der Waals surface area contributed by atoms with Gasteiger partial charge in [-0.3, -0.25) is 18.6 Å². The van der Waals surface area contributed by atoms with Crippen LogP contribution in [0.4, 0.5) is 0 Å². The van der Waals surface area contributed by atoms with Crippen LogP contribution in [0.2, 0.25) is 0 Å². The predicted octanol–water partition coefficient (Wildman–Crippen LogP) is 4.49. The number of hydrogen-bond donors (Lipinski definition) is 0. The van der Waals surface area contributed by atoms with E-state index in [1.165, 1.54) is 17.3 Å². The van der Waals surface area contributed by atoms with Gasteiger partial charge in [-0.1, -0.05) is 80.2 Å². The third-order valence-corrected chi connectivity index (χ3v) is 7.72. The molecule has 1 aliphatic carbocycles. The van der Waals surface area contributed by atoms with Gasteiger partial charge in [0.25, 0.3) is 5.56 Å². The first-order chi connectivity index (χ1) is 17.0. The molecule has 4 aromatic rings. The predicted molar refractivity (Wildman–Crippen MR) is 137 cm³/mol. The monoisotopic (exact) mass is 488 g/mol. The quantitative estimate of drug-likeness (QED) is 0.282. The molecule has 0 saturated carbocycles. The van der Waals surface area contributed by atoms with Gasteiger partial charge >= 0.3 is 5.97 Å². The highest BCUT2D eigenvalue weighted by molar-refractivity contribution is 7.99.